The van der Waals surface area contributed by atoms with Crippen molar-refractivity contribution in [3.8, 4) is 0 Å². The van der Waals surface area contributed by atoms with Crippen LogP contribution in [0.5, 0.6) is 0 Å². The second-order valence-corrected chi connectivity index (χ2v) is 6.19. The molecule has 1 fully saturated rings. The Kier molecular flexibility index (Phi) is 4.99. The van der Waals surface area contributed by atoms with Crippen molar-refractivity contribution in [2.24, 2.45) is 11.3 Å². The number of benzene rings is 1. The van der Waals surface area contributed by atoms with Crippen LogP contribution in [0.4, 0.5) is 4.39 Å². The molecular weight excluding hydrogens is 267 g/mol. The van der Waals surface area contributed by atoms with Crippen molar-refractivity contribution in [3.05, 3.63) is 35.6 Å². The van der Waals surface area contributed by atoms with E-state index in [0.29, 0.717) is 19.0 Å². The first kappa shape index (κ1) is 16.0. The maximum absolute atomic E-state index is 13.3. The highest BCUT2D eigenvalue weighted by Gasteiger charge is 2.45. The van der Waals surface area contributed by atoms with Crippen molar-refractivity contribution in [1.82, 2.24) is 10.2 Å². The summed E-state index contributed by atoms with van der Waals surface area (Å²) < 4.78 is 13.3. The molecule has 0 radical (unpaired) electrons. The Bertz CT molecular complexity index is 495. The Balaban J connectivity index is 2.18. The minimum absolute atomic E-state index is 0.189. The van der Waals surface area contributed by atoms with E-state index in [1.165, 1.54) is 12.1 Å². The molecule has 4 heteroatoms. The second kappa shape index (κ2) is 6.56. The SMILES string of the molecule is CCN(Cc1cccc(F)c1)C(=O)C1(C(C)C)CCNC1. The molecule has 1 heterocycles. The summed E-state index contributed by atoms with van der Waals surface area (Å²) in [6.07, 6.45) is 0.878. The van der Waals surface area contributed by atoms with Crippen LogP contribution in [0.25, 0.3) is 0 Å². The lowest BCUT2D eigenvalue weighted by molar-refractivity contribution is -0.144. The smallest absolute Gasteiger partial charge is 0.230 e. The monoisotopic (exact) mass is 292 g/mol. The Labute approximate surface area is 126 Å². The van der Waals surface area contributed by atoms with Crippen molar-refractivity contribution in [3.63, 3.8) is 0 Å². The fourth-order valence-electron chi connectivity index (χ4n) is 3.13. The van der Waals surface area contributed by atoms with Gasteiger partial charge in [-0.15, -0.1) is 0 Å². The number of rotatable bonds is 5. The topological polar surface area (TPSA) is 32.3 Å². The predicted molar refractivity (Wildman–Crippen MR) is 82.2 cm³/mol. The molecule has 116 valence electrons. The van der Waals surface area contributed by atoms with Gasteiger partial charge in [0.25, 0.3) is 0 Å². The first-order chi connectivity index (χ1) is 9.99. The van der Waals surface area contributed by atoms with Gasteiger partial charge < -0.3 is 10.2 Å². The van der Waals surface area contributed by atoms with Crippen LogP contribution in [0.1, 0.15) is 32.8 Å². The molecule has 0 saturated carbocycles. The normalized spacial score (nSPS) is 21.8. The molecular formula is C17H25FN2O. The number of carbonyl (C=O) groups excluding carboxylic acids is 1. The number of halogens is 1. The number of nitrogens with zero attached hydrogens (tertiary/aromatic N) is 1. The van der Waals surface area contributed by atoms with Gasteiger partial charge in [0.15, 0.2) is 0 Å². The second-order valence-electron chi connectivity index (χ2n) is 6.19. The third kappa shape index (κ3) is 3.26. The largest absolute Gasteiger partial charge is 0.338 e. The minimum Gasteiger partial charge on any atom is -0.338 e. The average molecular weight is 292 g/mol. The highest BCUT2D eigenvalue weighted by atomic mass is 19.1. The van der Waals surface area contributed by atoms with Crippen LogP contribution < -0.4 is 5.32 Å². The molecule has 1 aromatic rings. The van der Waals surface area contributed by atoms with Crippen molar-refractivity contribution in [2.75, 3.05) is 19.6 Å². The molecule has 3 nitrogen and oxygen atoms in total. The molecule has 2 rings (SSSR count). The van der Waals surface area contributed by atoms with E-state index in [1.807, 2.05) is 17.9 Å². The van der Waals surface area contributed by atoms with Gasteiger partial charge >= 0.3 is 0 Å². The van der Waals surface area contributed by atoms with Crippen LogP contribution in [-0.2, 0) is 11.3 Å². The van der Waals surface area contributed by atoms with Crippen molar-refractivity contribution in [1.29, 1.82) is 0 Å². The molecule has 21 heavy (non-hydrogen) atoms. The Morgan fingerprint density at radius 2 is 2.24 bits per heavy atom. The highest BCUT2D eigenvalue weighted by Crippen LogP contribution is 2.36. The lowest BCUT2D eigenvalue weighted by atomic mass is 9.75. The third-order valence-corrected chi connectivity index (χ3v) is 4.65. The van der Waals surface area contributed by atoms with Gasteiger partial charge in [-0.2, -0.15) is 0 Å². The molecule has 1 saturated heterocycles. The molecule has 1 aromatic carbocycles. The lowest BCUT2D eigenvalue weighted by Crippen LogP contribution is -2.48. The van der Waals surface area contributed by atoms with Crippen LogP contribution in [0, 0.1) is 17.2 Å². The van der Waals surface area contributed by atoms with Crippen LogP contribution in [-0.4, -0.2) is 30.4 Å². The fourth-order valence-corrected chi connectivity index (χ4v) is 3.13. The molecule has 0 bridgehead atoms. The summed E-state index contributed by atoms with van der Waals surface area (Å²) in [7, 11) is 0. The summed E-state index contributed by atoms with van der Waals surface area (Å²) >= 11 is 0. The van der Waals surface area contributed by atoms with Gasteiger partial charge in [0, 0.05) is 19.6 Å². The Hall–Kier alpha value is -1.42. The van der Waals surface area contributed by atoms with Gasteiger partial charge in [-0.05, 0) is 43.5 Å². The van der Waals surface area contributed by atoms with E-state index >= 15 is 0 Å². The number of hydrogen-bond acceptors (Lipinski definition) is 2. The number of carbonyl (C=O) groups is 1. The fraction of sp³-hybridized carbons (Fsp3) is 0.588. The minimum atomic E-state index is -0.316. The lowest BCUT2D eigenvalue weighted by Gasteiger charge is -2.36. The molecule has 1 amide bonds. The quantitative estimate of drug-likeness (QED) is 0.905. The summed E-state index contributed by atoms with van der Waals surface area (Å²) in [5.74, 6) is 0.230. The predicted octanol–water partition coefficient (Wildman–Crippen LogP) is 2.81. The summed E-state index contributed by atoms with van der Waals surface area (Å²) in [5, 5.41) is 3.32. The zero-order valence-electron chi connectivity index (χ0n) is 13.2. The molecule has 1 aliphatic rings. The number of hydrogen-bond donors (Lipinski definition) is 1. The maximum atomic E-state index is 13.3. The molecule has 1 aliphatic heterocycles. The zero-order chi connectivity index (χ0) is 15.5. The van der Waals surface area contributed by atoms with Gasteiger partial charge in [0.05, 0.1) is 5.41 Å². The standard InChI is InChI=1S/C17H25FN2O/c1-4-20(11-14-6-5-7-15(18)10-14)16(21)17(13(2)3)8-9-19-12-17/h5-7,10,13,19H,4,8-9,11-12H2,1-3H3. The van der Waals surface area contributed by atoms with E-state index < -0.39 is 0 Å². The Morgan fingerprint density at radius 1 is 1.48 bits per heavy atom. The molecule has 0 spiro atoms. The van der Waals surface area contributed by atoms with E-state index in [2.05, 4.69) is 19.2 Å². The van der Waals surface area contributed by atoms with Gasteiger partial charge in [0.1, 0.15) is 5.82 Å². The first-order valence-corrected chi connectivity index (χ1v) is 7.74. The van der Waals surface area contributed by atoms with Gasteiger partial charge in [-0.3, -0.25) is 4.79 Å². The summed E-state index contributed by atoms with van der Waals surface area (Å²) in [6.45, 7) is 8.95. The van der Waals surface area contributed by atoms with Crippen molar-refractivity contribution < 1.29 is 9.18 Å². The Morgan fingerprint density at radius 3 is 2.76 bits per heavy atom. The number of amides is 1. The summed E-state index contributed by atoms with van der Waals surface area (Å²) in [5.41, 5.74) is 0.527. The summed E-state index contributed by atoms with van der Waals surface area (Å²) in [4.78, 5) is 14.9. The van der Waals surface area contributed by atoms with Crippen LogP contribution in [0.3, 0.4) is 0 Å². The van der Waals surface area contributed by atoms with E-state index in [4.69, 9.17) is 0 Å². The molecule has 1 N–H and O–H groups in total. The molecule has 1 atom stereocenters. The van der Waals surface area contributed by atoms with E-state index in [0.717, 1.165) is 25.1 Å². The highest BCUT2D eigenvalue weighted by molar-refractivity contribution is 5.83. The van der Waals surface area contributed by atoms with E-state index in [-0.39, 0.29) is 17.1 Å². The first-order valence-electron chi connectivity index (χ1n) is 7.74. The van der Waals surface area contributed by atoms with Crippen molar-refractivity contribution >= 4 is 5.91 Å². The third-order valence-electron chi connectivity index (χ3n) is 4.65. The summed E-state index contributed by atoms with van der Waals surface area (Å²) in [6, 6.07) is 6.50. The van der Waals surface area contributed by atoms with Gasteiger partial charge in [0.2, 0.25) is 5.91 Å². The van der Waals surface area contributed by atoms with Crippen molar-refractivity contribution in [2.45, 2.75) is 33.7 Å². The van der Waals surface area contributed by atoms with Crippen LogP contribution >= 0.6 is 0 Å². The average Bonchev–Trinajstić information content (AvgIpc) is 2.95. The molecule has 0 aliphatic carbocycles. The van der Waals surface area contributed by atoms with E-state index in [1.54, 1.807) is 6.07 Å². The van der Waals surface area contributed by atoms with Gasteiger partial charge in [-0.1, -0.05) is 26.0 Å². The number of nitrogens with one attached hydrogen (secondary N) is 1. The maximum Gasteiger partial charge on any atom is 0.230 e. The van der Waals surface area contributed by atoms with Crippen LogP contribution in [0.2, 0.25) is 0 Å². The molecule has 1 unspecified atom stereocenters. The zero-order valence-corrected chi connectivity index (χ0v) is 13.2. The molecule has 0 aromatic heterocycles. The van der Waals surface area contributed by atoms with Gasteiger partial charge in [-0.25, -0.2) is 4.39 Å². The van der Waals surface area contributed by atoms with Crippen LogP contribution in [0.15, 0.2) is 24.3 Å². The van der Waals surface area contributed by atoms with E-state index in [9.17, 15) is 9.18 Å².